The fourth-order valence-electron chi connectivity index (χ4n) is 2.88. The molecule has 0 bridgehead atoms. The predicted octanol–water partition coefficient (Wildman–Crippen LogP) is 4.81. The number of carbonyl (C=O) groups is 2. The minimum atomic E-state index is -0.435. The Bertz CT molecular complexity index is 1010. The van der Waals surface area contributed by atoms with Gasteiger partial charge in [-0.1, -0.05) is 35.9 Å². The van der Waals surface area contributed by atoms with Gasteiger partial charge < -0.3 is 14.5 Å². The highest BCUT2D eigenvalue weighted by Gasteiger charge is 2.26. The summed E-state index contributed by atoms with van der Waals surface area (Å²) in [5.74, 6) is 0.221. The maximum atomic E-state index is 12.6. The number of cyclic esters (lactones) is 1. The van der Waals surface area contributed by atoms with Crippen molar-refractivity contribution in [3.05, 3.63) is 71.4 Å². The Balaban J connectivity index is 1.57. The largest absolute Gasteiger partial charge is 0.451 e. The second-order valence-corrected chi connectivity index (χ2v) is 6.29. The first-order valence-corrected chi connectivity index (χ1v) is 8.71. The van der Waals surface area contributed by atoms with Crippen LogP contribution in [0, 0.1) is 0 Å². The van der Waals surface area contributed by atoms with E-state index in [9.17, 15) is 9.59 Å². The van der Waals surface area contributed by atoms with E-state index in [2.05, 4.69) is 5.32 Å². The van der Waals surface area contributed by atoms with Gasteiger partial charge in [-0.3, -0.25) is 9.69 Å². The topological polar surface area (TPSA) is 71.8 Å². The number of furan rings is 1. The lowest BCUT2D eigenvalue weighted by atomic mass is 10.2. The van der Waals surface area contributed by atoms with E-state index in [1.807, 2.05) is 18.2 Å². The second kappa shape index (κ2) is 7.17. The lowest BCUT2D eigenvalue weighted by molar-refractivity contribution is 0.0997. The summed E-state index contributed by atoms with van der Waals surface area (Å²) in [6, 6.07) is 17.5. The summed E-state index contributed by atoms with van der Waals surface area (Å²) in [5, 5.41) is 3.33. The quantitative estimate of drug-likeness (QED) is 0.702. The number of ether oxygens (including phenoxy) is 1. The molecule has 0 spiro atoms. The van der Waals surface area contributed by atoms with E-state index >= 15 is 0 Å². The van der Waals surface area contributed by atoms with Crippen molar-refractivity contribution >= 4 is 35.0 Å². The van der Waals surface area contributed by atoms with Crippen LogP contribution in [0.4, 0.5) is 16.2 Å². The molecule has 1 aromatic heterocycles. The van der Waals surface area contributed by atoms with Gasteiger partial charge in [0.15, 0.2) is 5.76 Å². The van der Waals surface area contributed by atoms with E-state index in [1.165, 1.54) is 4.90 Å². The SMILES string of the molecule is O=C(Nc1ccccc1N1CCOC1=O)c1ccc(-c2ccccc2Cl)o1. The van der Waals surface area contributed by atoms with Crippen molar-refractivity contribution in [2.45, 2.75) is 0 Å². The summed E-state index contributed by atoms with van der Waals surface area (Å²) in [7, 11) is 0. The monoisotopic (exact) mass is 382 g/mol. The number of amides is 2. The highest BCUT2D eigenvalue weighted by Crippen LogP contribution is 2.31. The number of rotatable bonds is 4. The molecule has 1 saturated heterocycles. The zero-order valence-corrected chi connectivity index (χ0v) is 14.9. The summed E-state index contributed by atoms with van der Waals surface area (Å²) < 4.78 is 10.6. The highest BCUT2D eigenvalue weighted by atomic mass is 35.5. The van der Waals surface area contributed by atoms with Crippen molar-refractivity contribution < 1.29 is 18.7 Å². The van der Waals surface area contributed by atoms with Crippen LogP contribution in [-0.4, -0.2) is 25.2 Å². The van der Waals surface area contributed by atoms with Gasteiger partial charge in [-0.2, -0.15) is 0 Å². The van der Waals surface area contributed by atoms with Gasteiger partial charge in [0.25, 0.3) is 5.91 Å². The Hall–Kier alpha value is -3.25. The van der Waals surface area contributed by atoms with Crippen LogP contribution in [0.1, 0.15) is 10.6 Å². The predicted molar refractivity (Wildman–Crippen MR) is 102 cm³/mol. The number of nitrogens with zero attached hydrogens (tertiary/aromatic N) is 1. The molecule has 2 amide bonds. The van der Waals surface area contributed by atoms with E-state index in [4.69, 9.17) is 20.8 Å². The molecule has 27 heavy (non-hydrogen) atoms. The molecule has 0 aliphatic carbocycles. The fraction of sp³-hybridized carbons (Fsp3) is 0.100. The van der Waals surface area contributed by atoms with Gasteiger partial charge in [-0.25, -0.2) is 4.79 Å². The molecular weight excluding hydrogens is 368 g/mol. The van der Waals surface area contributed by atoms with E-state index in [0.29, 0.717) is 40.9 Å². The minimum absolute atomic E-state index is 0.142. The van der Waals surface area contributed by atoms with Crippen molar-refractivity contribution in [3.63, 3.8) is 0 Å². The molecule has 3 aromatic rings. The van der Waals surface area contributed by atoms with Gasteiger partial charge in [0.2, 0.25) is 0 Å². The number of para-hydroxylation sites is 2. The van der Waals surface area contributed by atoms with Gasteiger partial charge in [0.1, 0.15) is 12.4 Å². The molecule has 2 heterocycles. The van der Waals surface area contributed by atoms with Crippen molar-refractivity contribution in [1.82, 2.24) is 0 Å². The van der Waals surface area contributed by atoms with E-state index in [0.717, 1.165) is 0 Å². The van der Waals surface area contributed by atoms with E-state index < -0.39 is 12.0 Å². The molecule has 1 N–H and O–H groups in total. The van der Waals surface area contributed by atoms with E-state index in [-0.39, 0.29) is 5.76 Å². The first-order chi connectivity index (χ1) is 13.1. The smallest absolute Gasteiger partial charge is 0.414 e. The van der Waals surface area contributed by atoms with Crippen LogP contribution >= 0.6 is 11.6 Å². The number of nitrogens with one attached hydrogen (secondary N) is 1. The summed E-state index contributed by atoms with van der Waals surface area (Å²) in [5.41, 5.74) is 1.78. The second-order valence-electron chi connectivity index (χ2n) is 5.88. The number of halogens is 1. The van der Waals surface area contributed by atoms with Gasteiger partial charge in [0, 0.05) is 5.56 Å². The standard InChI is InChI=1S/C20H15ClN2O4/c21-14-6-2-1-5-13(14)17-9-10-18(27-17)19(24)22-15-7-3-4-8-16(15)23-11-12-26-20(23)25/h1-10H,11-12H2,(H,22,24). The van der Waals surface area contributed by atoms with Gasteiger partial charge in [0.05, 0.1) is 22.9 Å². The lowest BCUT2D eigenvalue weighted by Crippen LogP contribution is -2.25. The third-order valence-electron chi connectivity index (χ3n) is 4.17. The first kappa shape index (κ1) is 17.2. The Morgan fingerprint density at radius 1 is 1.04 bits per heavy atom. The maximum Gasteiger partial charge on any atom is 0.414 e. The van der Waals surface area contributed by atoms with Gasteiger partial charge in [-0.15, -0.1) is 0 Å². The molecule has 7 heteroatoms. The summed E-state index contributed by atoms with van der Waals surface area (Å²) >= 11 is 6.17. The molecule has 136 valence electrons. The molecule has 1 aliphatic heterocycles. The average Bonchev–Trinajstić information content (AvgIpc) is 3.32. The molecular formula is C20H15ClN2O4. The molecule has 1 aliphatic rings. The normalized spacial score (nSPS) is 13.5. The number of anilines is 2. The Kier molecular flexibility index (Phi) is 4.56. The highest BCUT2D eigenvalue weighted by molar-refractivity contribution is 6.33. The summed E-state index contributed by atoms with van der Waals surface area (Å²) in [6.45, 7) is 0.754. The molecule has 0 saturated carbocycles. The Morgan fingerprint density at radius 3 is 2.59 bits per heavy atom. The lowest BCUT2D eigenvalue weighted by Gasteiger charge is -2.17. The van der Waals surface area contributed by atoms with Crippen LogP contribution in [-0.2, 0) is 4.74 Å². The summed E-state index contributed by atoms with van der Waals surface area (Å²) in [4.78, 5) is 25.9. The number of hydrogen-bond donors (Lipinski definition) is 1. The third kappa shape index (κ3) is 3.39. The van der Waals surface area contributed by atoms with Crippen molar-refractivity contribution in [1.29, 1.82) is 0 Å². The van der Waals surface area contributed by atoms with Crippen LogP contribution in [0.25, 0.3) is 11.3 Å². The fourth-order valence-corrected chi connectivity index (χ4v) is 3.11. The molecule has 4 rings (SSSR count). The molecule has 0 radical (unpaired) electrons. The average molecular weight is 383 g/mol. The van der Waals surface area contributed by atoms with Gasteiger partial charge >= 0.3 is 6.09 Å². The number of hydrogen-bond acceptors (Lipinski definition) is 4. The Morgan fingerprint density at radius 2 is 1.81 bits per heavy atom. The zero-order chi connectivity index (χ0) is 18.8. The summed E-state index contributed by atoms with van der Waals surface area (Å²) in [6.07, 6.45) is -0.435. The van der Waals surface area contributed by atoms with Crippen molar-refractivity contribution in [2.75, 3.05) is 23.4 Å². The molecule has 0 atom stereocenters. The minimum Gasteiger partial charge on any atom is -0.451 e. The van der Waals surface area contributed by atoms with Crippen molar-refractivity contribution in [3.8, 4) is 11.3 Å². The van der Waals surface area contributed by atoms with Crippen molar-refractivity contribution in [2.24, 2.45) is 0 Å². The zero-order valence-electron chi connectivity index (χ0n) is 14.1. The van der Waals surface area contributed by atoms with E-state index in [1.54, 1.807) is 42.5 Å². The molecule has 1 fully saturated rings. The molecule has 6 nitrogen and oxygen atoms in total. The Labute approximate surface area is 160 Å². The van der Waals surface area contributed by atoms with Crippen LogP contribution in [0.5, 0.6) is 0 Å². The maximum absolute atomic E-state index is 12.6. The first-order valence-electron chi connectivity index (χ1n) is 8.33. The third-order valence-corrected chi connectivity index (χ3v) is 4.50. The van der Waals surface area contributed by atoms with Crippen LogP contribution in [0.2, 0.25) is 5.02 Å². The van der Waals surface area contributed by atoms with Crippen LogP contribution in [0.15, 0.2) is 65.1 Å². The number of benzene rings is 2. The van der Waals surface area contributed by atoms with Crippen LogP contribution < -0.4 is 10.2 Å². The molecule has 0 unspecified atom stereocenters. The molecule has 2 aromatic carbocycles. The van der Waals surface area contributed by atoms with Gasteiger partial charge in [-0.05, 0) is 36.4 Å². The van der Waals surface area contributed by atoms with Crippen LogP contribution in [0.3, 0.4) is 0 Å². The number of carbonyl (C=O) groups excluding carboxylic acids is 2.